The SMILES string of the molecule is Cc1cccc(CCC(=O)Nc2cc3cc(-c4cn[nH]c4)ccc3cn2)c1. The van der Waals surface area contributed by atoms with Crippen molar-refractivity contribution in [2.45, 2.75) is 19.8 Å². The monoisotopic (exact) mass is 356 g/mol. The van der Waals surface area contributed by atoms with Gasteiger partial charge in [0.2, 0.25) is 5.91 Å². The van der Waals surface area contributed by atoms with Crippen molar-refractivity contribution in [3.63, 3.8) is 0 Å². The fourth-order valence-corrected chi connectivity index (χ4v) is 3.13. The van der Waals surface area contributed by atoms with Crippen molar-refractivity contribution in [1.82, 2.24) is 15.2 Å². The smallest absolute Gasteiger partial charge is 0.225 e. The lowest BCUT2D eigenvalue weighted by Crippen LogP contribution is -2.13. The van der Waals surface area contributed by atoms with Gasteiger partial charge in [-0.25, -0.2) is 4.98 Å². The largest absolute Gasteiger partial charge is 0.311 e. The molecule has 0 bridgehead atoms. The number of benzene rings is 2. The average Bonchev–Trinajstić information content (AvgIpc) is 3.21. The van der Waals surface area contributed by atoms with Crippen LogP contribution in [0.5, 0.6) is 0 Å². The molecule has 0 fully saturated rings. The van der Waals surface area contributed by atoms with Gasteiger partial charge in [0.1, 0.15) is 5.82 Å². The van der Waals surface area contributed by atoms with Gasteiger partial charge < -0.3 is 5.32 Å². The van der Waals surface area contributed by atoms with E-state index < -0.39 is 0 Å². The molecule has 5 nitrogen and oxygen atoms in total. The molecule has 0 aliphatic heterocycles. The Kier molecular flexibility index (Phi) is 4.66. The molecular formula is C22H20N4O. The van der Waals surface area contributed by atoms with Gasteiger partial charge >= 0.3 is 0 Å². The maximum Gasteiger partial charge on any atom is 0.225 e. The van der Waals surface area contributed by atoms with Gasteiger partial charge in [0, 0.05) is 29.8 Å². The van der Waals surface area contributed by atoms with Crippen LogP contribution in [0.15, 0.2) is 67.1 Å². The molecule has 134 valence electrons. The molecule has 0 spiro atoms. The van der Waals surface area contributed by atoms with Crippen molar-refractivity contribution in [1.29, 1.82) is 0 Å². The Hall–Kier alpha value is -3.47. The standard InChI is InChI=1S/C22H20N4O/c1-15-3-2-4-16(9-15)5-8-22(27)26-21-11-19-10-17(20-13-24-25-14-20)6-7-18(19)12-23-21/h2-4,6-7,9-14H,5,8H2,1H3,(H,24,25)(H,23,26,27). The Balaban J connectivity index is 1.47. The number of anilines is 1. The Morgan fingerprint density at radius 3 is 2.78 bits per heavy atom. The molecule has 0 radical (unpaired) electrons. The van der Waals surface area contributed by atoms with Gasteiger partial charge in [0.05, 0.1) is 6.20 Å². The quantitative estimate of drug-likeness (QED) is 0.553. The number of pyridine rings is 1. The molecule has 4 aromatic rings. The first-order chi connectivity index (χ1) is 13.2. The van der Waals surface area contributed by atoms with Crippen LogP contribution in [0.3, 0.4) is 0 Å². The highest BCUT2D eigenvalue weighted by Gasteiger charge is 2.07. The third-order valence-corrected chi connectivity index (χ3v) is 4.54. The van der Waals surface area contributed by atoms with Gasteiger partial charge in [-0.2, -0.15) is 5.10 Å². The number of aryl methyl sites for hydroxylation is 2. The van der Waals surface area contributed by atoms with Crippen molar-refractivity contribution in [2.24, 2.45) is 0 Å². The lowest BCUT2D eigenvalue weighted by Gasteiger charge is -2.07. The molecule has 5 heteroatoms. The first-order valence-corrected chi connectivity index (χ1v) is 8.92. The van der Waals surface area contributed by atoms with Crippen LogP contribution in [0.1, 0.15) is 17.5 Å². The molecular weight excluding hydrogens is 336 g/mol. The van der Waals surface area contributed by atoms with Gasteiger partial charge in [0.15, 0.2) is 0 Å². The Morgan fingerprint density at radius 2 is 1.96 bits per heavy atom. The number of aromatic amines is 1. The van der Waals surface area contributed by atoms with Crippen molar-refractivity contribution < 1.29 is 4.79 Å². The number of rotatable bonds is 5. The van der Waals surface area contributed by atoms with E-state index in [1.54, 1.807) is 12.4 Å². The summed E-state index contributed by atoms with van der Waals surface area (Å²) in [5.74, 6) is 0.537. The number of nitrogens with one attached hydrogen (secondary N) is 2. The molecule has 2 aromatic carbocycles. The predicted octanol–water partition coefficient (Wildman–Crippen LogP) is 4.50. The molecule has 0 saturated heterocycles. The minimum absolute atomic E-state index is 0.0330. The number of carbonyl (C=O) groups excluding carboxylic acids is 1. The third-order valence-electron chi connectivity index (χ3n) is 4.54. The van der Waals surface area contributed by atoms with Crippen molar-refractivity contribution in [3.05, 3.63) is 78.2 Å². The van der Waals surface area contributed by atoms with Gasteiger partial charge in [0.25, 0.3) is 0 Å². The summed E-state index contributed by atoms with van der Waals surface area (Å²) in [4.78, 5) is 16.7. The van der Waals surface area contributed by atoms with E-state index in [1.807, 2.05) is 36.5 Å². The number of carbonyl (C=O) groups is 1. The molecule has 2 aromatic heterocycles. The maximum absolute atomic E-state index is 12.3. The van der Waals surface area contributed by atoms with Gasteiger partial charge in [-0.3, -0.25) is 9.89 Å². The van der Waals surface area contributed by atoms with Gasteiger partial charge in [-0.15, -0.1) is 0 Å². The van der Waals surface area contributed by atoms with E-state index >= 15 is 0 Å². The first-order valence-electron chi connectivity index (χ1n) is 8.92. The van der Waals surface area contributed by atoms with E-state index in [4.69, 9.17) is 0 Å². The molecule has 1 amide bonds. The number of nitrogens with zero attached hydrogens (tertiary/aromatic N) is 2. The van der Waals surface area contributed by atoms with E-state index in [2.05, 4.69) is 45.6 Å². The molecule has 2 N–H and O–H groups in total. The van der Waals surface area contributed by atoms with E-state index in [0.717, 1.165) is 21.9 Å². The minimum atomic E-state index is -0.0330. The molecule has 0 aliphatic rings. The maximum atomic E-state index is 12.3. The summed E-state index contributed by atoms with van der Waals surface area (Å²) < 4.78 is 0. The number of amides is 1. The fourth-order valence-electron chi connectivity index (χ4n) is 3.13. The lowest BCUT2D eigenvalue weighted by molar-refractivity contribution is -0.116. The van der Waals surface area contributed by atoms with Crippen LogP contribution in [-0.2, 0) is 11.2 Å². The Bertz CT molecular complexity index is 1090. The second kappa shape index (κ2) is 7.41. The van der Waals surface area contributed by atoms with Crippen LogP contribution in [0.4, 0.5) is 5.82 Å². The number of fused-ring (bicyclic) bond motifs is 1. The van der Waals surface area contributed by atoms with Gasteiger partial charge in [-0.05, 0) is 42.0 Å². The molecule has 4 rings (SSSR count). The van der Waals surface area contributed by atoms with E-state index in [0.29, 0.717) is 18.7 Å². The summed E-state index contributed by atoms with van der Waals surface area (Å²) >= 11 is 0. The highest BCUT2D eigenvalue weighted by molar-refractivity contribution is 5.94. The molecule has 0 aliphatic carbocycles. The zero-order valence-corrected chi connectivity index (χ0v) is 15.1. The minimum Gasteiger partial charge on any atom is -0.311 e. The Morgan fingerprint density at radius 1 is 1.04 bits per heavy atom. The normalized spacial score (nSPS) is 10.9. The molecule has 27 heavy (non-hydrogen) atoms. The van der Waals surface area contributed by atoms with Crippen LogP contribution < -0.4 is 5.32 Å². The Labute approximate surface area is 157 Å². The van der Waals surface area contributed by atoms with E-state index in [9.17, 15) is 4.79 Å². The molecule has 2 heterocycles. The van der Waals surface area contributed by atoms with E-state index in [1.165, 1.54) is 11.1 Å². The predicted molar refractivity (Wildman–Crippen MR) is 107 cm³/mol. The van der Waals surface area contributed by atoms with Crippen LogP contribution in [0, 0.1) is 6.92 Å². The number of H-pyrrole nitrogens is 1. The average molecular weight is 356 g/mol. The van der Waals surface area contributed by atoms with Crippen molar-refractivity contribution >= 4 is 22.5 Å². The summed E-state index contributed by atoms with van der Waals surface area (Å²) in [6.45, 7) is 2.06. The number of hydrogen-bond donors (Lipinski definition) is 2. The fraction of sp³-hybridized carbons (Fsp3) is 0.136. The first kappa shape index (κ1) is 17.0. The van der Waals surface area contributed by atoms with E-state index in [-0.39, 0.29) is 5.91 Å². The molecule has 0 atom stereocenters. The van der Waals surface area contributed by atoms with Crippen molar-refractivity contribution in [3.8, 4) is 11.1 Å². The summed E-state index contributed by atoms with van der Waals surface area (Å²) in [5, 5.41) is 11.8. The highest BCUT2D eigenvalue weighted by Crippen LogP contribution is 2.24. The lowest BCUT2D eigenvalue weighted by atomic mass is 10.0. The highest BCUT2D eigenvalue weighted by atomic mass is 16.1. The van der Waals surface area contributed by atoms with Crippen LogP contribution in [0.25, 0.3) is 21.9 Å². The zero-order chi connectivity index (χ0) is 18.6. The van der Waals surface area contributed by atoms with Gasteiger partial charge in [-0.1, -0.05) is 42.0 Å². The number of hydrogen-bond acceptors (Lipinski definition) is 3. The molecule has 0 unspecified atom stereocenters. The molecule has 0 saturated carbocycles. The second-order valence-electron chi connectivity index (χ2n) is 6.66. The third kappa shape index (κ3) is 4.03. The summed E-state index contributed by atoms with van der Waals surface area (Å²) in [6, 6.07) is 16.3. The topological polar surface area (TPSA) is 70.7 Å². The van der Waals surface area contributed by atoms with Crippen LogP contribution >= 0.6 is 0 Å². The van der Waals surface area contributed by atoms with Crippen molar-refractivity contribution in [2.75, 3.05) is 5.32 Å². The number of aromatic nitrogens is 3. The summed E-state index contributed by atoms with van der Waals surface area (Å²) in [6.07, 6.45) is 6.57. The summed E-state index contributed by atoms with van der Waals surface area (Å²) in [7, 11) is 0. The zero-order valence-electron chi connectivity index (χ0n) is 15.1. The van der Waals surface area contributed by atoms with Crippen LogP contribution in [0.2, 0.25) is 0 Å². The van der Waals surface area contributed by atoms with Crippen LogP contribution in [-0.4, -0.2) is 21.1 Å². The summed E-state index contributed by atoms with van der Waals surface area (Å²) in [5.41, 5.74) is 4.47. The second-order valence-corrected chi connectivity index (χ2v) is 6.66.